The number of ether oxygens (including phenoxy) is 1. The van der Waals surface area contributed by atoms with Crippen molar-refractivity contribution < 1.29 is 14.3 Å². The largest absolute Gasteiger partial charge is 0.379 e. The minimum Gasteiger partial charge on any atom is -0.379 e. The summed E-state index contributed by atoms with van der Waals surface area (Å²) in [5, 5.41) is 7.81. The van der Waals surface area contributed by atoms with E-state index in [2.05, 4.69) is 46.7 Å². The molecule has 7 heteroatoms. The predicted molar refractivity (Wildman–Crippen MR) is 127 cm³/mol. The number of nitrogens with zero attached hydrogens (tertiary/aromatic N) is 1. The van der Waals surface area contributed by atoms with Crippen LogP contribution < -0.4 is 10.6 Å². The molecule has 1 aromatic heterocycles. The molecule has 2 aromatic carbocycles. The number of aryl methyl sites for hydroxylation is 1. The fourth-order valence-corrected chi connectivity index (χ4v) is 4.51. The van der Waals surface area contributed by atoms with Gasteiger partial charge in [0.15, 0.2) is 0 Å². The van der Waals surface area contributed by atoms with Crippen molar-refractivity contribution in [2.75, 3.05) is 38.2 Å². The summed E-state index contributed by atoms with van der Waals surface area (Å²) in [4.78, 5) is 28.6. The molecule has 0 spiro atoms. The summed E-state index contributed by atoms with van der Waals surface area (Å²) in [5.41, 5.74) is 3.31. The SMILES string of the molecule is Cc1cccc(C(CNC(=O)c2ccccc2NC(=O)c2cccs2)N2CCOCC2)c1. The number of carbonyl (C=O) groups excluding carboxylic acids is 2. The Kier molecular flexibility index (Phi) is 7.32. The van der Waals surface area contributed by atoms with E-state index in [0.717, 1.165) is 13.1 Å². The predicted octanol–water partition coefficient (Wildman–Crippen LogP) is 4.11. The minimum absolute atomic E-state index is 0.0515. The summed E-state index contributed by atoms with van der Waals surface area (Å²) in [6.07, 6.45) is 0. The number of nitrogens with one attached hydrogen (secondary N) is 2. The second-order valence-electron chi connectivity index (χ2n) is 7.77. The number of amides is 2. The molecule has 1 fully saturated rings. The first kappa shape index (κ1) is 22.2. The van der Waals surface area contributed by atoms with Crippen molar-refractivity contribution in [3.63, 3.8) is 0 Å². The molecule has 0 bridgehead atoms. The van der Waals surface area contributed by atoms with Gasteiger partial charge in [-0.25, -0.2) is 0 Å². The molecule has 1 atom stereocenters. The minimum atomic E-state index is -0.216. The van der Waals surface area contributed by atoms with Gasteiger partial charge in [-0.15, -0.1) is 11.3 Å². The molecule has 2 amide bonds. The highest BCUT2D eigenvalue weighted by molar-refractivity contribution is 7.12. The van der Waals surface area contributed by atoms with Crippen molar-refractivity contribution >= 4 is 28.8 Å². The summed E-state index contributed by atoms with van der Waals surface area (Å²) in [5.74, 6) is -0.427. The lowest BCUT2D eigenvalue weighted by molar-refractivity contribution is 0.0162. The molecular weight excluding hydrogens is 422 g/mol. The van der Waals surface area contributed by atoms with Crippen molar-refractivity contribution in [2.24, 2.45) is 0 Å². The summed E-state index contributed by atoms with van der Waals surface area (Å²) >= 11 is 1.36. The molecule has 6 nitrogen and oxygen atoms in total. The number of morpholine rings is 1. The summed E-state index contributed by atoms with van der Waals surface area (Å²) in [7, 11) is 0. The van der Waals surface area contributed by atoms with Crippen molar-refractivity contribution in [1.29, 1.82) is 0 Å². The van der Waals surface area contributed by atoms with E-state index in [1.807, 2.05) is 17.5 Å². The van der Waals surface area contributed by atoms with E-state index in [1.165, 1.54) is 22.5 Å². The molecule has 0 aliphatic carbocycles. The zero-order valence-corrected chi connectivity index (χ0v) is 18.9. The van der Waals surface area contributed by atoms with E-state index in [9.17, 15) is 9.59 Å². The lowest BCUT2D eigenvalue weighted by atomic mass is 10.0. The second kappa shape index (κ2) is 10.5. The molecule has 166 valence electrons. The van der Waals surface area contributed by atoms with Gasteiger partial charge in [0, 0.05) is 19.6 Å². The lowest BCUT2D eigenvalue weighted by Gasteiger charge is -2.35. The standard InChI is InChI=1S/C25H27N3O3S/c1-18-6-4-7-19(16-18)22(28-11-13-31-14-12-28)17-26-24(29)20-8-2-3-9-21(20)27-25(30)23-10-5-15-32-23/h2-10,15-16,22H,11-14,17H2,1H3,(H,26,29)(H,27,30). The van der Waals surface area contributed by atoms with E-state index in [1.54, 1.807) is 24.3 Å². The third kappa shape index (κ3) is 5.43. The molecule has 0 saturated carbocycles. The van der Waals surface area contributed by atoms with Crippen LogP contribution in [0.3, 0.4) is 0 Å². The molecular formula is C25H27N3O3S. The number of benzene rings is 2. The topological polar surface area (TPSA) is 70.7 Å². The Bertz CT molecular complexity index is 1060. The summed E-state index contributed by atoms with van der Waals surface area (Å²) in [6, 6.07) is 19.1. The van der Waals surface area contributed by atoms with Crippen LogP contribution in [-0.2, 0) is 4.74 Å². The van der Waals surface area contributed by atoms with Gasteiger partial charge in [-0.2, -0.15) is 0 Å². The lowest BCUT2D eigenvalue weighted by Crippen LogP contribution is -2.44. The first-order valence-electron chi connectivity index (χ1n) is 10.7. The van der Waals surface area contributed by atoms with Gasteiger partial charge in [0.1, 0.15) is 0 Å². The van der Waals surface area contributed by atoms with Gasteiger partial charge >= 0.3 is 0 Å². The Labute approximate surface area is 192 Å². The van der Waals surface area contributed by atoms with E-state index >= 15 is 0 Å². The third-order valence-electron chi connectivity index (χ3n) is 5.53. The average Bonchev–Trinajstić information content (AvgIpc) is 3.35. The highest BCUT2D eigenvalue weighted by Crippen LogP contribution is 2.23. The third-order valence-corrected chi connectivity index (χ3v) is 6.40. The number of hydrogen-bond donors (Lipinski definition) is 2. The van der Waals surface area contributed by atoms with Crippen LogP contribution in [0.4, 0.5) is 5.69 Å². The van der Waals surface area contributed by atoms with Gasteiger partial charge in [-0.1, -0.05) is 48.0 Å². The Morgan fingerprint density at radius 3 is 2.59 bits per heavy atom. The van der Waals surface area contributed by atoms with Crippen LogP contribution in [0, 0.1) is 6.92 Å². The van der Waals surface area contributed by atoms with Gasteiger partial charge in [-0.3, -0.25) is 14.5 Å². The summed E-state index contributed by atoms with van der Waals surface area (Å²) < 4.78 is 5.52. The first-order valence-corrected chi connectivity index (χ1v) is 11.6. The van der Waals surface area contributed by atoms with Crippen LogP contribution >= 0.6 is 11.3 Å². The average molecular weight is 450 g/mol. The van der Waals surface area contributed by atoms with E-state index in [0.29, 0.717) is 35.9 Å². The molecule has 2 heterocycles. The Morgan fingerprint density at radius 2 is 1.84 bits per heavy atom. The van der Waals surface area contributed by atoms with E-state index in [-0.39, 0.29) is 17.9 Å². The fraction of sp³-hybridized carbons (Fsp3) is 0.280. The molecule has 1 aliphatic rings. The van der Waals surface area contributed by atoms with Crippen molar-refractivity contribution in [3.05, 3.63) is 87.6 Å². The van der Waals surface area contributed by atoms with Crippen LogP contribution in [0.15, 0.2) is 66.0 Å². The fourth-order valence-electron chi connectivity index (χ4n) is 3.89. The molecule has 4 rings (SSSR count). The number of thiophene rings is 1. The van der Waals surface area contributed by atoms with Crippen molar-refractivity contribution in [1.82, 2.24) is 10.2 Å². The van der Waals surface area contributed by atoms with Crippen LogP contribution in [-0.4, -0.2) is 49.6 Å². The van der Waals surface area contributed by atoms with Crippen molar-refractivity contribution in [2.45, 2.75) is 13.0 Å². The number of carbonyl (C=O) groups is 2. The van der Waals surface area contributed by atoms with Crippen LogP contribution in [0.1, 0.15) is 37.2 Å². The Morgan fingerprint density at radius 1 is 1.03 bits per heavy atom. The van der Waals surface area contributed by atoms with Gasteiger partial charge in [0.25, 0.3) is 11.8 Å². The smallest absolute Gasteiger partial charge is 0.265 e. The summed E-state index contributed by atoms with van der Waals surface area (Å²) in [6.45, 7) is 5.56. The maximum Gasteiger partial charge on any atom is 0.265 e. The second-order valence-corrected chi connectivity index (χ2v) is 8.71. The number of para-hydroxylation sites is 1. The quantitative estimate of drug-likeness (QED) is 0.570. The monoisotopic (exact) mass is 449 g/mol. The van der Waals surface area contributed by atoms with Crippen molar-refractivity contribution in [3.8, 4) is 0 Å². The van der Waals surface area contributed by atoms with Gasteiger partial charge in [-0.05, 0) is 36.1 Å². The van der Waals surface area contributed by atoms with E-state index in [4.69, 9.17) is 4.74 Å². The zero-order chi connectivity index (χ0) is 22.3. The Balaban J connectivity index is 1.49. The highest BCUT2D eigenvalue weighted by atomic mass is 32.1. The highest BCUT2D eigenvalue weighted by Gasteiger charge is 2.24. The molecule has 3 aromatic rings. The zero-order valence-electron chi connectivity index (χ0n) is 18.0. The van der Waals surface area contributed by atoms with E-state index < -0.39 is 0 Å². The van der Waals surface area contributed by atoms with Crippen LogP contribution in [0.2, 0.25) is 0 Å². The molecule has 32 heavy (non-hydrogen) atoms. The number of anilines is 1. The maximum absolute atomic E-state index is 13.1. The molecule has 1 unspecified atom stereocenters. The maximum atomic E-state index is 13.1. The van der Waals surface area contributed by atoms with Crippen LogP contribution in [0.25, 0.3) is 0 Å². The van der Waals surface area contributed by atoms with Gasteiger partial charge in [0.05, 0.1) is 35.4 Å². The molecule has 2 N–H and O–H groups in total. The first-order chi connectivity index (χ1) is 15.6. The van der Waals surface area contributed by atoms with Crippen LogP contribution in [0.5, 0.6) is 0 Å². The van der Waals surface area contributed by atoms with Gasteiger partial charge in [0.2, 0.25) is 0 Å². The molecule has 0 radical (unpaired) electrons. The molecule has 1 saturated heterocycles. The number of hydrogen-bond acceptors (Lipinski definition) is 5. The number of rotatable bonds is 7. The molecule has 1 aliphatic heterocycles. The normalized spacial score (nSPS) is 15.2. The Hall–Kier alpha value is -3.00. The van der Waals surface area contributed by atoms with Gasteiger partial charge < -0.3 is 15.4 Å².